The van der Waals surface area contributed by atoms with Gasteiger partial charge in [0, 0.05) is 34.2 Å². The number of ether oxygens (including phenoxy) is 2. The Balaban J connectivity index is 1.86. The summed E-state index contributed by atoms with van der Waals surface area (Å²) in [4.78, 5) is 29.4. The van der Waals surface area contributed by atoms with E-state index in [4.69, 9.17) is 37.7 Å². The first-order chi connectivity index (χ1) is 18.2. The number of hydrogen-bond donors (Lipinski definition) is 0. The highest BCUT2D eigenvalue weighted by Gasteiger charge is 2.21. The van der Waals surface area contributed by atoms with E-state index in [0.29, 0.717) is 38.4 Å². The smallest absolute Gasteiger partial charge is 0.169 e. The third-order valence-corrected chi connectivity index (χ3v) is 7.72. The third-order valence-electron chi connectivity index (χ3n) is 6.24. The predicted octanol–water partition coefficient (Wildman–Crippen LogP) is 8.81. The number of ketones is 2. The lowest BCUT2D eigenvalue weighted by Crippen LogP contribution is -2.07. The average molecular weight is 575 g/mol. The van der Waals surface area contributed by atoms with Crippen molar-refractivity contribution in [2.75, 3.05) is 13.7 Å². The molecule has 8 heteroatoms. The van der Waals surface area contributed by atoms with E-state index in [9.17, 15) is 9.59 Å². The zero-order valence-electron chi connectivity index (χ0n) is 22.4. The van der Waals surface area contributed by atoms with Crippen LogP contribution in [0.3, 0.4) is 0 Å². The second-order valence-corrected chi connectivity index (χ2v) is 10.7. The topological polar surface area (TPSA) is 65.5 Å². The van der Waals surface area contributed by atoms with E-state index >= 15 is 0 Å². The molecule has 0 aliphatic rings. The number of allylic oxidation sites excluding steroid dienone is 1. The molecule has 2 aromatic carbocycles. The molecule has 1 unspecified atom stereocenters. The molecule has 0 aliphatic carbocycles. The van der Waals surface area contributed by atoms with Crippen molar-refractivity contribution in [3.05, 3.63) is 73.0 Å². The Morgan fingerprint density at radius 2 is 1.84 bits per heavy atom. The fourth-order valence-corrected chi connectivity index (χ4v) is 5.50. The molecule has 3 rings (SSSR count). The monoisotopic (exact) mass is 573 g/mol. The summed E-state index contributed by atoms with van der Waals surface area (Å²) in [5, 5.41) is 3.24. The lowest BCUT2D eigenvalue weighted by atomic mass is 9.98. The van der Waals surface area contributed by atoms with Gasteiger partial charge >= 0.3 is 0 Å². The van der Waals surface area contributed by atoms with Gasteiger partial charge in [-0.15, -0.1) is 11.3 Å². The Morgan fingerprint density at radius 1 is 1.13 bits per heavy atom. The molecular formula is C30H33Cl2NO4S. The molecule has 202 valence electrons. The Morgan fingerprint density at radius 3 is 2.45 bits per heavy atom. The van der Waals surface area contributed by atoms with Gasteiger partial charge in [0.15, 0.2) is 11.6 Å². The number of carbonyl (C=O) groups excluding carboxylic acids is 2. The SMILES string of the molecule is CCCCC(OCC)c1cccc(-c2csc(CC(=O)c3cc(Cl)c(C=C(C)C(C)=O)c(Cl)c3)n2)c1OC. The Hall–Kier alpha value is -2.51. The second-order valence-electron chi connectivity index (χ2n) is 8.98. The van der Waals surface area contributed by atoms with Crippen LogP contribution in [0.5, 0.6) is 5.75 Å². The number of benzene rings is 2. The standard InChI is InChI=1S/C30H33Cl2NO4S/c1-6-8-12-28(37-7-2)22-11-9-10-21(30(22)36-5)26-17-38-29(33-26)16-27(35)20-14-24(31)23(25(32)15-20)13-18(3)19(4)34/h9-11,13-15,17,28H,6-8,12,16H2,1-5H3. The summed E-state index contributed by atoms with van der Waals surface area (Å²) in [6, 6.07) is 9.17. The van der Waals surface area contributed by atoms with Gasteiger partial charge in [-0.1, -0.05) is 55.1 Å². The minimum Gasteiger partial charge on any atom is -0.496 e. The minimum atomic E-state index is -0.148. The second kappa shape index (κ2) is 14.0. The zero-order chi connectivity index (χ0) is 27.8. The van der Waals surface area contributed by atoms with E-state index in [1.54, 1.807) is 32.2 Å². The van der Waals surface area contributed by atoms with Crippen molar-refractivity contribution in [3.63, 3.8) is 0 Å². The summed E-state index contributed by atoms with van der Waals surface area (Å²) in [7, 11) is 1.66. The van der Waals surface area contributed by atoms with Crippen molar-refractivity contribution < 1.29 is 19.1 Å². The van der Waals surface area contributed by atoms with Crippen LogP contribution in [0.15, 0.2) is 41.3 Å². The number of unbranched alkanes of at least 4 members (excludes halogenated alkanes) is 1. The van der Waals surface area contributed by atoms with Crippen molar-refractivity contribution in [1.82, 2.24) is 4.98 Å². The number of thiazole rings is 1. The summed E-state index contributed by atoms with van der Waals surface area (Å²) < 4.78 is 11.9. The van der Waals surface area contributed by atoms with Crippen molar-refractivity contribution >= 4 is 52.2 Å². The highest BCUT2D eigenvalue weighted by atomic mass is 35.5. The molecule has 1 atom stereocenters. The molecule has 0 saturated carbocycles. The first-order valence-corrected chi connectivity index (χ1v) is 14.3. The predicted molar refractivity (Wildman–Crippen MR) is 157 cm³/mol. The molecule has 0 spiro atoms. The molecule has 0 saturated heterocycles. The molecular weight excluding hydrogens is 541 g/mol. The van der Waals surface area contributed by atoms with E-state index in [2.05, 4.69) is 6.92 Å². The first-order valence-electron chi connectivity index (χ1n) is 12.6. The zero-order valence-corrected chi connectivity index (χ0v) is 24.7. The van der Waals surface area contributed by atoms with Crippen LogP contribution in [0.2, 0.25) is 10.0 Å². The highest BCUT2D eigenvalue weighted by Crippen LogP contribution is 2.39. The van der Waals surface area contributed by atoms with E-state index in [0.717, 1.165) is 41.8 Å². The van der Waals surface area contributed by atoms with Crippen molar-refractivity contribution in [2.24, 2.45) is 0 Å². The molecule has 0 amide bonds. The maximum atomic E-state index is 13.1. The fourth-order valence-electron chi connectivity index (χ4n) is 4.11. The van der Waals surface area contributed by atoms with Gasteiger partial charge in [0.2, 0.25) is 0 Å². The fraction of sp³-hybridized carbons (Fsp3) is 0.367. The summed E-state index contributed by atoms with van der Waals surface area (Å²) >= 11 is 14.2. The summed E-state index contributed by atoms with van der Waals surface area (Å²) in [6.07, 6.45) is 4.74. The maximum Gasteiger partial charge on any atom is 0.169 e. The number of hydrogen-bond acceptors (Lipinski definition) is 6. The lowest BCUT2D eigenvalue weighted by molar-refractivity contribution is -0.113. The number of aromatic nitrogens is 1. The molecule has 1 heterocycles. The van der Waals surface area contributed by atoms with E-state index in [1.807, 2.05) is 30.5 Å². The number of rotatable bonds is 13. The minimum absolute atomic E-state index is 0.0546. The number of carbonyl (C=O) groups is 2. The van der Waals surface area contributed by atoms with Crippen LogP contribution in [0, 0.1) is 0 Å². The van der Waals surface area contributed by atoms with Crippen LogP contribution in [-0.2, 0) is 16.0 Å². The first kappa shape index (κ1) is 30.0. The van der Waals surface area contributed by atoms with Gasteiger partial charge in [-0.3, -0.25) is 9.59 Å². The molecule has 0 N–H and O–H groups in total. The van der Waals surface area contributed by atoms with Gasteiger partial charge in [-0.2, -0.15) is 0 Å². The van der Waals surface area contributed by atoms with Gasteiger partial charge in [0.1, 0.15) is 10.8 Å². The lowest BCUT2D eigenvalue weighted by Gasteiger charge is -2.21. The molecule has 0 radical (unpaired) electrons. The van der Waals surface area contributed by atoms with Crippen LogP contribution in [0.4, 0.5) is 0 Å². The van der Waals surface area contributed by atoms with Gasteiger partial charge in [-0.05, 0) is 57.0 Å². The summed E-state index contributed by atoms with van der Waals surface area (Å²) in [5.41, 5.74) is 4.06. The van der Waals surface area contributed by atoms with E-state index in [-0.39, 0.29) is 24.1 Å². The van der Waals surface area contributed by atoms with Crippen molar-refractivity contribution in [2.45, 2.75) is 59.5 Å². The van der Waals surface area contributed by atoms with Crippen LogP contribution in [0.25, 0.3) is 17.3 Å². The number of para-hydroxylation sites is 1. The van der Waals surface area contributed by atoms with Gasteiger partial charge in [-0.25, -0.2) is 4.98 Å². The van der Waals surface area contributed by atoms with Crippen LogP contribution < -0.4 is 4.74 Å². The van der Waals surface area contributed by atoms with Crippen molar-refractivity contribution in [3.8, 4) is 17.0 Å². The Kier molecular flexibility index (Phi) is 11.1. The van der Waals surface area contributed by atoms with Crippen LogP contribution >= 0.6 is 34.5 Å². The number of nitrogens with zero attached hydrogens (tertiary/aromatic N) is 1. The average Bonchev–Trinajstić information content (AvgIpc) is 3.35. The summed E-state index contributed by atoms with van der Waals surface area (Å²) in [5.74, 6) is 0.520. The Bertz CT molecular complexity index is 1310. The molecule has 3 aromatic rings. The van der Waals surface area contributed by atoms with E-state index < -0.39 is 0 Å². The largest absolute Gasteiger partial charge is 0.496 e. The molecule has 0 aliphatic heterocycles. The van der Waals surface area contributed by atoms with Gasteiger partial charge < -0.3 is 9.47 Å². The molecule has 1 aromatic heterocycles. The van der Waals surface area contributed by atoms with Crippen LogP contribution in [-0.4, -0.2) is 30.3 Å². The molecule has 0 bridgehead atoms. The molecule has 0 fully saturated rings. The maximum absolute atomic E-state index is 13.1. The Labute approximate surface area is 238 Å². The number of Topliss-reactive ketones (excluding diaryl/α,β-unsaturated/α-hetero) is 2. The molecule has 5 nitrogen and oxygen atoms in total. The van der Waals surface area contributed by atoms with E-state index in [1.165, 1.54) is 18.3 Å². The number of methoxy groups -OCH3 is 1. The normalized spacial score (nSPS) is 12.4. The van der Waals surface area contributed by atoms with Crippen LogP contribution in [0.1, 0.15) is 79.6 Å². The van der Waals surface area contributed by atoms with Crippen molar-refractivity contribution in [1.29, 1.82) is 0 Å². The summed E-state index contributed by atoms with van der Waals surface area (Å²) in [6.45, 7) is 7.95. The van der Waals surface area contributed by atoms with Gasteiger partial charge in [0.05, 0.1) is 35.4 Å². The number of halogens is 2. The quantitative estimate of drug-likeness (QED) is 0.151. The third kappa shape index (κ3) is 7.32. The van der Waals surface area contributed by atoms with Gasteiger partial charge in [0.25, 0.3) is 0 Å². The highest BCUT2D eigenvalue weighted by molar-refractivity contribution is 7.10. The molecule has 38 heavy (non-hydrogen) atoms.